The van der Waals surface area contributed by atoms with Crippen molar-refractivity contribution in [3.63, 3.8) is 0 Å². The highest BCUT2D eigenvalue weighted by molar-refractivity contribution is 6.30. The van der Waals surface area contributed by atoms with E-state index in [0.29, 0.717) is 10.8 Å². The molecule has 0 bridgehead atoms. The van der Waals surface area contributed by atoms with Gasteiger partial charge >= 0.3 is 0 Å². The van der Waals surface area contributed by atoms with E-state index in [9.17, 15) is 4.79 Å². The number of hydrogen-bond donors (Lipinski definition) is 1. The van der Waals surface area contributed by atoms with Crippen molar-refractivity contribution in [2.24, 2.45) is 15.8 Å². The van der Waals surface area contributed by atoms with Gasteiger partial charge in [-0.3, -0.25) is 4.79 Å². The van der Waals surface area contributed by atoms with Gasteiger partial charge in [0.15, 0.2) is 0 Å². The summed E-state index contributed by atoms with van der Waals surface area (Å²) in [6.07, 6.45) is 5.72. The molecule has 164 valence electrons. The number of allylic oxidation sites excluding steroid dienone is 2. The molecule has 6 heteroatoms. The van der Waals surface area contributed by atoms with Crippen molar-refractivity contribution in [2.45, 2.75) is 13.3 Å². The van der Waals surface area contributed by atoms with E-state index in [1.165, 1.54) is 11.1 Å². The van der Waals surface area contributed by atoms with Crippen molar-refractivity contribution in [1.82, 2.24) is 5.01 Å². The van der Waals surface area contributed by atoms with E-state index in [-0.39, 0.29) is 0 Å². The number of nitrogens with two attached hydrogens (primary N) is 1. The van der Waals surface area contributed by atoms with Crippen molar-refractivity contribution in [3.05, 3.63) is 124 Å². The summed E-state index contributed by atoms with van der Waals surface area (Å²) in [6, 6.07) is 26.1. The van der Waals surface area contributed by atoms with Crippen LogP contribution in [0.25, 0.3) is 5.70 Å². The molecule has 3 aromatic rings. The zero-order valence-corrected chi connectivity index (χ0v) is 18.9. The maximum Gasteiger partial charge on any atom is 0.261 e. The monoisotopic (exact) mass is 454 g/mol. The van der Waals surface area contributed by atoms with Crippen LogP contribution in [0.5, 0.6) is 0 Å². The number of amides is 1. The van der Waals surface area contributed by atoms with E-state index in [4.69, 9.17) is 22.3 Å². The van der Waals surface area contributed by atoms with Crippen molar-refractivity contribution in [2.75, 3.05) is 0 Å². The van der Waals surface area contributed by atoms with Gasteiger partial charge < -0.3 is 5.73 Å². The second kappa shape index (κ2) is 10.1. The van der Waals surface area contributed by atoms with Crippen molar-refractivity contribution < 1.29 is 4.79 Å². The molecule has 33 heavy (non-hydrogen) atoms. The summed E-state index contributed by atoms with van der Waals surface area (Å²) in [5, 5.41) is 6.58. The summed E-state index contributed by atoms with van der Waals surface area (Å²) in [5.74, 6) is -0.0428. The maximum absolute atomic E-state index is 11.4. The van der Waals surface area contributed by atoms with Crippen LogP contribution in [0.15, 0.2) is 107 Å². The van der Waals surface area contributed by atoms with Crippen molar-refractivity contribution in [3.8, 4) is 0 Å². The van der Waals surface area contributed by atoms with Gasteiger partial charge in [0.25, 0.3) is 5.91 Å². The van der Waals surface area contributed by atoms with Crippen LogP contribution in [-0.2, 0) is 11.2 Å². The average molecular weight is 455 g/mol. The lowest BCUT2D eigenvalue weighted by atomic mass is 10.0. The summed E-state index contributed by atoms with van der Waals surface area (Å²) in [6.45, 7) is 1.87. The first kappa shape index (κ1) is 22.2. The summed E-state index contributed by atoms with van der Waals surface area (Å²) >= 11 is 6.06. The van der Waals surface area contributed by atoms with Gasteiger partial charge in [-0.1, -0.05) is 78.3 Å². The van der Waals surface area contributed by atoms with E-state index in [0.717, 1.165) is 35.2 Å². The minimum absolute atomic E-state index is 0.586. The molecule has 0 aliphatic carbocycles. The van der Waals surface area contributed by atoms with Gasteiger partial charge in [0, 0.05) is 16.1 Å². The molecule has 0 atom stereocenters. The highest BCUT2D eigenvalue weighted by Crippen LogP contribution is 2.30. The average Bonchev–Trinajstić information content (AvgIpc) is 2.84. The van der Waals surface area contributed by atoms with Crippen LogP contribution in [0.3, 0.4) is 0 Å². The first-order valence-corrected chi connectivity index (χ1v) is 10.9. The Morgan fingerprint density at radius 3 is 2.24 bits per heavy atom. The van der Waals surface area contributed by atoms with Crippen LogP contribution in [0, 0.1) is 0 Å². The first-order chi connectivity index (χ1) is 16.0. The van der Waals surface area contributed by atoms with Gasteiger partial charge in [-0.2, -0.15) is 5.10 Å². The molecular formula is C27H23ClN4O. The predicted molar refractivity (Wildman–Crippen MR) is 135 cm³/mol. The van der Waals surface area contributed by atoms with E-state index in [1.54, 1.807) is 5.01 Å². The zero-order valence-electron chi connectivity index (χ0n) is 18.1. The quantitative estimate of drug-likeness (QED) is 0.506. The smallest absolute Gasteiger partial charge is 0.261 e. The molecule has 1 aliphatic rings. The van der Waals surface area contributed by atoms with E-state index in [1.807, 2.05) is 61.5 Å². The number of carbonyl (C=O) groups is 1. The molecule has 0 radical (unpaired) electrons. The molecule has 0 aromatic heterocycles. The molecule has 0 fully saturated rings. The fraction of sp³-hybridized carbons (Fsp3) is 0.0741. The molecule has 5 nitrogen and oxygen atoms in total. The Morgan fingerprint density at radius 1 is 0.970 bits per heavy atom. The van der Waals surface area contributed by atoms with Crippen molar-refractivity contribution in [1.29, 1.82) is 0 Å². The lowest BCUT2D eigenvalue weighted by Gasteiger charge is -2.27. The summed E-state index contributed by atoms with van der Waals surface area (Å²) < 4.78 is 0. The Kier molecular flexibility index (Phi) is 6.81. The van der Waals surface area contributed by atoms with Crippen LogP contribution in [-0.4, -0.2) is 22.8 Å². The molecule has 0 saturated heterocycles. The lowest BCUT2D eigenvalue weighted by molar-refractivity contribution is -0.111. The second-order valence-electron chi connectivity index (χ2n) is 7.50. The SMILES string of the molecule is C/C=C1/N=C(c2ccc(Cl)cc2)C=C(c2ccc(Cc3ccccc3)cc2)N1/N=C/C(N)=O. The first-order valence-electron chi connectivity index (χ1n) is 10.5. The maximum atomic E-state index is 11.4. The molecular weight excluding hydrogens is 432 g/mol. The van der Waals surface area contributed by atoms with Crippen LogP contribution in [0.2, 0.25) is 5.02 Å². The highest BCUT2D eigenvalue weighted by Gasteiger charge is 2.22. The Balaban J connectivity index is 1.72. The van der Waals surface area contributed by atoms with Gasteiger partial charge in [0.05, 0.1) is 11.4 Å². The predicted octanol–water partition coefficient (Wildman–Crippen LogP) is 5.41. The molecule has 1 amide bonds. The standard InChI is InChI=1S/C27H23ClN4O/c1-2-27-31-24(21-12-14-23(28)15-13-21)17-25(32(27)30-18-26(29)33)22-10-8-20(9-11-22)16-19-6-4-3-5-7-19/h2-15,17-18H,16H2,1H3,(H2,29,33)/b27-2-,30-18+. The Hall–Kier alpha value is -3.96. The minimum Gasteiger partial charge on any atom is -0.365 e. The van der Waals surface area contributed by atoms with E-state index >= 15 is 0 Å². The normalized spacial score (nSPS) is 15.0. The second-order valence-corrected chi connectivity index (χ2v) is 7.93. The van der Waals surface area contributed by atoms with Gasteiger partial charge in [-0.15, -0.1) is 0 Å². The highest BCUT2D eigenvalue weighted by atomic mass is 35.5. The number of primary amides is 1. The van der Waals surface area contributed by atoms with Crippen LogP contribution in [0.1, 0.15) is 29.2 Å². The van der Waals surface area contributed by atoms with Crippen LogP contribution in [0.4, 0.5) is 0 Å². The fourth-order valence-corrected chi connectivity index (χ4v) is 3.66. The van der Waals surface area contributed by atoms with Gasteiger partial charge in [0.1, 0.15) is 12.0 Å². The molecule has 0 spiro atoms. The van der Waals surface area contributed by atoms with Gasteiger partial charge in [0.2, 0.25) is 0 Å². The van der Waals surface area contributed by atoms with E-state index < -0.39 is 5.91 Å². The number of nitrogens with zero attached hydrogens (tertiary/aromatic N) is 3. The number of carbonyl (C=O) groups excluding carboxylic acids is 1. The fourth-order valence-electron chi connectivity index (χ4n) is 3.54. The number of hydrazone groups is 1. The van der Waals surface area contributed by atoms with Gasteiger partial charge in [-0.05, 0) is 48.8 Å². The van der Waals surface area contributed by atoms with E-state index in [2.05, 4.69) is 41.5 Å². The molecule has 0 saturated carbocycles. The number of hydrogen-bond acceptors (Lipinski definition) is 4. The molecule has 1 heterocycles. The molecule has 2 N–H and O–H groups in total. The molecule has 1 aliphatic heterocycles. The zero-order chi connectivity index (χ0) is 23.2. The summed E-state index contributed by atoms with van der Waals surface area (Å²) in [7, 11) is 0. The number of benzene rings is 3. The Bertz CT molecular complexity index is 1260. The summed E-state index contributed by atoms with van der Waals surface area (Å²) in [4.78, 5) is 16.1. The molecule has 3 aromatic carbocycles. The third kappa shape index (κ3) is 5.45. The summed E-state index contributed by atoms with van der Waals surface area (Å²) in [5.41, 5.74) is 11.2. The lowest BCUT2D eigenvalue weighted by Crippen LogP contribution is -2.23. The topological polar surface area (TPSA) is 71.1 Å². The Labute approximate surface area is 198 Å². The van der Waals surface area contributed by atoms with Crippen molar-refractivity contribution >= 4 is 35.1 Å². The van der Waals surface area contributed by atoms with Crippen LogP contribution >= 0.6 is 11.6 Å². The largest absolute Gasteiger partial charge is 0.365 e. The number of rotatable bonds is 6. The minimum atomic E-state index is -0.629. The molecule has 0 unspecified atom stereocenters. The number of aliphatic imine (C=N–C) groups is 1. The number of halogens is 1. The Morgan fingerprint density at radius 2 is 1.61 bits per heavy atom. The van der Waals surface area contributed by atoms with Crippen LogP contribution < -0.4 is 5.73 Å². The third-order valence-corrected chi connectivity index (χ3v) is 5.41. The third-order valence-electron chi connectivity index (χ3n) is 5.15. The van der Waals surface area contributed by atoms with Gasteiger partial charge in [-0.25, -0.2) is 10.0 Å². The molecule has 4 rings (SSSR count).